The van der Waals surface area contributed by atoms with Gasteiger partial charge in [-0.05, 0) is 34.1 Å². The normalized spacial score (nSPS) is 12.0. The summed E-state index contributed by atoms with van der Waals surface area (Å²) in [6, 6.07) is 4.57. The third kappa shape index (κ3) is 2.73. The number of rotatable bonds is 4. The van der Waals surface area contributed by atoms with E-state index >= 15 is 0 Å². The Morgan fingerprint density at radius 1 is 1.50 bits per heavy atom. The van der Waals surface area contributed by atoms with Crippen molar-refractivity contribution in [3.8, 4) is 0 Å². The molecule has 0 saturated carbocycles. The summed E-state index contributed by atoms with van der Waals surface area (Å²) in [5.74, 6) is 0. The molecule has 0 heterocycles. The molecule has 1 aromatic rings. The van der Waals surface area contributed by atoms with Gasteiger partial charge in [-0.15, -0.1) is 0 Å². The Morgan fingerprint density at radius 2 is 2.12 bits per heavy atom. The maximum Gasteiger partial charge on any atom is 0.244 e. The lowest BCUT2D eigenvalue weighted by atomic mass is 10.3. The fraction of sp³-hybridized carbons (Fsp3) is 0.333. The van der Waals surface area contributed by atoms with Crippen LogP contribution in [-0.2, 0) is 10.0 Å². The molecular weight excluding hydrogens is 296 g/mol. The van der Waals surface area contributed by atoms with Crippen molar-refractivity contribution in [2.45, 2.75) is 4.90 Å². The average Bonchev–Trinajstić information content (AvgIpc) is 2.22. The Hall–Kier alpha value is -0.630. The minimum Gasteiger partial charge on any atom is -0.399 e. The molecule has 3 N–H and O–H groups in total. The van der Waals surface area contributed by atoms with Gasteiger partial charge < -0.3 is 10.8 Å². The highest BCUT2D eigenvalue weighted by molar-refractivity contribution is 9.10. The zero-order chi connectivity index (χ0) is 12.3. The highest BCUT2D eigenvalue weighted by atomic mass is 79.9. The van der Waals surface area contributed by atoms with E-state index in [-0.39, 0.29) is 18.0 Å². The molecule has 0 spiro atoms. The third-order valence-electron chi connectivity index (χ3n) is 2.06. The smallest absolute Gasteiger partial charge is 0.244 e. The van der Waals surface area contributed by atoms with Crippen molar-refractivity contribution in [1.82, 2.24) is 4.31 Å². The predicted octanol–water partition coefficient (Wildman–Crippen LogP) is 0.644. The number of aliphatic hydroxyl groups excluding tert-OH is 1. The largest absolute Gasteiger partial charge is 0.399 e. The maximum atomic E-state index is 12.0. The molecule has 0 saturated heterocycles. The fourth-order valence-corrected chi connectivity index (χ4v) is 3.26. The average molecular weight is 309 g/mol. The van der Waals surface area contributed by atoms with Crippen LogP contribution in [-0.4, -0.2) is 38.0 Å². The molecule has 1 rings (SSSR count). The Bertz CT molecular complexity index is 476. The lowest BCUT2D eigenvalue weighted by Gasteiger charge is -2.17. The van der Waals surface area contributed by atoms with Crippen molar-refractivity contribution < 1.29 is 13.5 Å². The summed E-state index contributed by atoms with van der Waals surface area (Å²) in [7, 11) is -2.20. The fourth-order valence-electron chi connectivity index (χ4n) is 1.15. The molecule has 0 aromatic heterocycles. The van der Waals surface area contributed by atoms with Gasteiger partial charge in [0.25, 0.3) is 0 Å². The second kappa shape index (κ2) is 5.13. The lowest BCUT2D eigenvalue weighted by molar-refractivity contribution is 0.266. The van der Waals surface area contributed by atoms with Gasteiger partial charge in [0.05, 0.1) is 11.5 Å². The van der Waals surface area contributed by atoms with Gasteiger partial charge in [0, 0.05) is 23.8 Å². The molecule has 1 aromatic carbocycles. The number of nitrogens with zero attached hydrogens (tertiary/aromatic N) is 1. The summed E-state index contributed by atoms with van der Waals surface area (Å²) in [5, 5.41) is 8.73. The zero-order valence-corrected chi connectivity index (χ0v) is 11.1. The molecule has 16 heavy (non-hydrogen) atoms. The summed E-state index contributed by atoms with van der Waals surface area (Å²) >= 11 is 3.16. The quantitative estimate of drug-likeness (QED) is 0.800. The topological polar surface area (TPSA) is 83.6 Å². The molecule has 7 heteroatoms. The third-order valence-corrected chi connectivity index (χ3v) is 4.91. The molecule has 0 bridgehead atoms. The number of halogens is 1. The molecule has 0 aliphatic heterocycles. The van der Waals surface area contributed by atoms with E-state index < -0.39 is 10.0 Å². The van der Waals surface area contributed by atoms with Crippen molar-refractivity contribution in [3.05, 3.63) is 22.7 Å². The maximum absolute atomic E-state index is 12.0. The van der Waals surface area contributed by atoms with Crippen molar-refractivity contribution in [1.29, 1.82) is 0 Å². The molecule has 0 fully saturated rings. The number of sulfonamides is 1. The van der Waals surface area contributed by atoms with E-state index in [2.05, 4.69) is 15.9 Å². The van der Waals surface area contributed by atoms with Gasteiger partial charge in [0.2, 0.25) is 10.0 Å². The Morgan fingerprint density at radius 3 is 2.69 bits per heavy atom. The van der Waals surface area contributed by atoms with Gasteiger partial charge in [-0.3, -0.25) is 0 Å². The van der Waals surface area contributed by atoms with Gasteiger partial charge in [-0.25, -0.2) is 8.42 Å². The van der Waals surface area contributed by atoms with E-state index in [4.69, 9.17) is 10.8 Å². The van der Waals surface area contributed by atoms with Crippen LogP contribution in [0, 0.1) is 0 Å². The summed E-state index contributed by atoms with van der Waals surface area (Å²) in [6.45, 7) is -0.181. The van der Waals surface area contributed by atoms with Crippen molar-refractivity contribution in [2.75, 3.05) is 25.9 Å². The van der Waals surface area contributed by atoms with Crippen molar-refractivity contribution >= 4 is 31.6 Å². The van der Waals surface area contributed by atoms with Gasteiger partial charge in [-0.1, -0.05) is 0 Å². The number of aliphatic hydroxyl groups is 1. The van der Waals surface area contributed by atoms with Crippen LogP contribution < -0.4 is 5.73 Å². The summed E-state index contributed by atoms with van der Waals surface area (Å²) in [5.41, 5.74) is 5.92. The molecule has 0 radical (unpaired) electrons. The highest BCUT2D eigenvalue weighted by Crippen LogP contribution is 2.26. The van der Waals surface area contributed by atoms with E-state index in [9.17, 15) is 8.42 Å². The molecule has 0 aliphatic rings. The van der Waals surface area contributed by atoms with Gasteiger partial charge in [0.15, 0.2) is 0 Å². The van der Waals surface area contributed by atoms with Crippen molar-refractivity contribution in [2.24, 2.45) is 0 Å². The Balaban J connectivity index is 3.21. The van der Waals surface area contributed by atoms with Crippen LogP contribution in [0.1, 0.15) is 0 Å². The van der Waals surface area contributed by atoms with Crippen LogP contribution in [0.15, 0.2) is 27.6 Å². The Labute approximate surface area is 103 Å². The van der Waals surface area contributed by atoms with Gasteiger partial charge in [0.1, 0.15) is 0 Å². The first kappa shape index (κ1) is 13.4. The SMILES string of the molecule is CN(CCO)S(=O)(=O)c1cc(N)ccc1Br. The van der Waals surface area contributed by atoms with Crippen LogP contribution >= 0.6 is 15.9 Å². The van der Waals surface area contributed by atoms with E-state index in [1.165, 1.54) is 13.1 Å². The minimum atomic E-state index is -3.61. The van der Waals surface area contributed by atoms with E-state index in [0.717, 1.165) is 4.31 Å². The molecular formula is C9H13BrN2O3S. The van der Waals surface area contributed by atoms with Crippen LogP contribution in [0.4, 0.5) is 5.69 Å². The number of anilines is 1. The first-order valence-corrected chi connectivity index (χ1v) is 6.75. The molecule has 0 unspecified atom stereocenters. The number of benzene rings is 1. The lowest BCUT2D eigenvalue weighted by Crippen LogP contribution is -2.29. The highest BCUT2D eigenvalue weighted by Gasteiger charge is 2.22. The summed E-state index contributed by atoms with van der Waals surface area (Å²) < 4.78 is 25.6. The molecule has 90 valence electrons. The summed E-state index contributed by atoms with van der Waals surface area (Å²) in [4.78, 5) is 0.100. The first-order chi connectivity index (χ1) is 7.39. The number of nitrogen functional groups attached to an aromatic ring is 1. The van der Waals surface area contributed by atoms with E-state index in [1.54, 1.807) is 12.1 Å². The minimum absolute atomic E-state index is 0.0452. The molecule has 5 nitrogen and oxygen atoms in total. The van der Waals surface area contributed by atoms with Gasteiger partial charge in [-0.2, -0.15) is 4.31 Å². The van der Waals surface area contributed by atoms with Crippen LogP contribution in [0.25, 0.3) is 0 Å². The predicted molar refractivity (Wildman–Crippen MR) is 65.5 cm³/mol. The van der Waals surface area contributed by atoms with Gasteiger partial charge >= 0.3 is 0 Å². The van der Waals surface area contributed by atoms with Crippen molar-refractivity contribution in [3.63, 3.8) is 0 Å². The van der Waals surface area contributed by atoms with Crippen LogP contribution in [0.3, 0.4) is 0 Å². The number of likely N-dealkylation sites (N-methyl/N-ethyl adjacent to an activating group) is 1. The van der Waals surface area contributed by atoms with Crippen LogP contribution in [0.5, 0.6) is 0 Å². The second-order valence-corrected chi connectivity index (χ2v) is 6.11. The number of hydrogen-bond acceptors (Lipinski definition) is 4. The first-order valence-electron chi connectivity index (χ1n) is 4.52. The van der Waals surface area contributed by atoms with Crippen LogP contribution in [0.2, 0.25) is 0 Å². The molecule has 0 aliphatic carbocycles. The Kier molecular flexibility index (Phi) is 4.31. The number of hydrogen-bond donors (Lipinski definition) is 2. The zero-order valence-electron chi connectivity index (χ0n) is 8.72. The second-order valence-electron chi connectivity index (χ2n) is 3.24. The molecule has 0 atom stereocenters. The van der Waals surface area contributed by atoms with E-state index in [0.29, 0.717) is 10.2 Å². The number of nitrogens with two attached hydrogens (primary N) is 1. The van der Waals surface area contributed by atoms with E-state index in [1.807, 2.05) is 0 Å². The summed E-state index contributed by atoms with van der Waals surface area (Å²) in [6.07, 6.45) is 0. The standard InChI is InChI=1S/C9H13BrN2O3S/c1-12(4-5-13)16(14,15)9-6-7(11)2-3-8(9)10/h2-3,6,13H,4-5,11H2,1H3. The monoisotopic (exact) mass is 308 g/mol. The molecule has 0 amide bonds.